The maximum Gasteiger partial charge on any atom is 0.132 e. The minimum absolute atomic E-state index is 0.00423. The van der Waals surface area contributed by atoms with Crippen molar-refractivity contribution in [3.63, 3.8) is 0 Å². The Labute approximate surface area is 95.4 Å². The van der Waals surface area contributed by atoms with E-state index in [-0.39, 0.29) is 6.04 Å². The lowest BCUT2D eigenvalue weighted by Crippen LogP contribution is -2.21. The molecule has 0 aromatic heterocycles. The summed E-state index contributed by atoms with van der Waals surface area (Å²) in [7, 11) is 0. The second-order valence-corrected chi connectivity index (χ2v) is 4.84. The minimum Gasteiger partial charge on any atom is -0.328 e. The summed E-state index contributed by atoms with van der Waals surface area (Å²) in [5.41, 5.74) is 5.75. The van der Waals surface area contributed by atoms with Crippen LogP contribution >= 0.6 is 11.6 Å². The molecular formula is C12H17ClFN. The minimum atomic E-state index is -1.43. The lowest BCUT2D eigenvalue weighted by atomic mass is 9.91. The van der Waals surface area contributed by atoms with E-state index in [0.29, 0.717) is 17.0 Å². The molecule has 0 aliphatic heterocycles. The quantitative estimate of drug-likeness (QED) is 0.845. The van der Waals surface area contributed by atoms with Crippen LogP contribution in [-0.2, 0) is 12.1 Å². The Morgan fingerprint density at radius 3 is 2.53 bits per heavy atom. The number of rotatable bonds is 3. The Kier molecular flexibility index (Phi) is 3.74. The van der Waals surface area contributed by atoms with E-state index in [2.05, 4.69) is 0 Å². The Morgan fingerprint density at radius 1 is 1.47 bits per heavy atom. The van der Waals surface area contributed by atoms with Crippen LogP contribution in [0.25, 0.3) is 0 Å². The largest absolute Gasteiger partial charge is 0.328 e. The van der Waals surface area contributed by atoms with E-state index in [0.717, 1.165) is 5.56 Å². The first-order chi connectivity index (χ1) is 6.82. The van der Waals surface area contributed by atoms with Crippen molar-refractivity contribution in [1.29, 1.82) is 0 Å². The van der Waals surface area contributed by atoms with Gasteiger partial charge in [0.15, 0.2) is 0 Å². The molecule has 0 bridgehead atoms. The highest BCUT2D eigenvalue weighted by atomic mass is 35.5. The second kappa shape index (κ2) is 4.50. The summed E-state index contributed by atoms with van der Waals surface area (Å²) in [5, 5.41) is 0.473. The number of hydrogen-bond donors (Lipinski definition) is 1. The fourth-order valence-electron chi connectivity index (χ4n) is 1.75. The predicted octanol–water partition coefficient (Wildman–Crippen LogP) is 3.43. The van der Waals surface area contributed by atoms with Crippen molar-refractivity contribution in [2.75, 3.05) is 0 Å². The first-order valence-corrected chi connectivity index (χ1v) is 5.42. The summed E-state index contributed by atoms with van der Waals surface area (Å²) in [6.07, 6.45) is 0.642. The van der Waals surface area contributed by atoms with Gasteiger partial charge in [0.2, 0.25) is 0 Å². The zero-order valence-electron chi connectivity index (χ0n) is 9.35. The number of benzene rings is 1. The zero-order valence-corrected chi connectivity index (χ0v) is 10.1. The molecule has 84 valence electrons. The lowest BCUT2D eigenvalue weighted by Gasteiger charge is -2.21. The molecule has 1 nitrogen and oxygen atoms in total. The molecule has 1 aromatic rings. The molecule has 1 unspecified atom stereocenters. The highest BCUT2D eigenvalue weighted by Gasteiger charge is 2.25. The van der Waals surface area contributed by atoms with Crippen LogP contribution in [0.5, 0.6) is 0 Å². The van der Waals surface area contributed by atoms with Gasteiger partial charge in [-0.2, -0.15) is 0 Å². The van der Waals surface area contributed by atoms with Gasteiger partial charge in [-0.15, -0.1) is 0 Å². The van der Waals surface area contributed by atoms with Crippen molar-refractivity contribution < 1.29 is 4.39 Å². The molecule has 0 saturated heterocycles. The van der Waals surface area contributed by atoms with E-state index in [9.17, 15) is 4.39 Å². The molecule has 1 atom stereocenters. The van der Waals surface area contributed by atoms with Gasteiger partial charge in [0, 0.05) is 16.6 Å². The first kappa shape index (κ1) is 12.5. The molecule has 2 N–H and O–H groups in total. The molecule has 0 aliphatic carbocycles. The Balaban J connectivity index is 3.21. The summed E-state index contributed by atoms with van der Waals surface area (Å²) in [6.45, 7) is 4.92. The zero-order chi connectivity index (χ0) is 11.6. The van der Waals surface area contributed by atoms with Crippen LogP contribution < -0.4 is 5.73 Å². The number of hydrogen-bond acceptors (Lipinski definition) is 1. The van der Waals surface area contributed by atoms with Crippen LogP contribution in [0.1, 0.15) is 31.9 Å². The predicted molar refractivity (Wildman–Crippen MR) is 62.9 cm³/mol. The molecule has 0 spiro atoms. The summed E-state index contributed by atoms with van der Waals surface area (Å²) in [5.74, 6) is 0. The standard InChI is InChI=1S/C12H17ClFN/c1-8(15)7-9-5-4-6-10(13)11(9)12(2,3)14/h4-6,8H,7,15H2,1-3H3. The molecule has 0 aliphatic rings. The molecule has 0 amide bonds. The molecule has 0 radical (unpaired) electrons. The van der Waals surface area contributed by atoms with Crippen LogP contribution in [0.4, 0.5) is 4.39 Å². The number of alkyl halides is 1. The SMILES string of the molecule is CC(N)Cc1cccc(Cl)c1C(C)(C)F. The van der Waals surface area contributed by atoms with Crippen LogP contribution in [-0.4, -0.2) is 6.04 Å². The van der Waals surface area contributed by atoms with Gasteiger partial charge in [0.25, 0.3) is 0 Å². The maximum absolute atomic E-state index is 14.0. The fourth-order valence-corrected chi connectivity index (χ4v) is 2.17. The summed E-state index contributed by atoms with van der Waals surface area (Å²) >= 11 is 6.02. The van der Waals surface area contributed by atoms with Gasteiger partial charge in [0.05, 0.1) is 0 Å². The monoisotopic (exact) mass is 229 g/mol. The third kappa shape index (κ3) is 3.18. The summed E-state index contributed by atoms with van der Waals surface area (Å²) in [4.78, 5) is 0. The van der Waals surface area contributed by atoms with Crippen LogP contribution in [0, 0.1) is 0 Å². The summed E-state index contributed by atoms with van der Waals surface area (Å²) in [6, 6.07) is 5.42. The van der Waals surface area contributed by atoms with E-state index < -0.39 is 5.67 Å². The van der Waals surface area contributed by atoms with Gasteiger partial charge in [-0.3, -0.25) is 0 Å². The Bertz CT molecular complexity index is 342. The third-order valence-electron chi connectivity index (χ3n) is 2.24. The van der Waals surface area contributed by atoms with Crippen molar-refractivity contribution in [3.05, 3.63) is 34.3 Å². The highest BCUT2D eigenvalue weighted by molar-refractivity contribution is 6.31. The van der Waals surface area contributed by atoms with Gasteiger partial charge >= 0.3 is 0 Å². The third-order valence-corrected chi connectivity index (χ3v) is 2.55. The molecule has 1 aromatic carbocycles. The van der Waals surface area contributed by atoms with Crippen molar-refractivity contribution in [2.24, 2.45) is 5.73 Å². The normalized spacial score (nSPS) is 14.0. The first-order valence-electron chi connectivity index (χ1n) is 5.04. The van der Waals surface area contributed by atoms with E-state index in [1.807, 2.05) is 19.1 Å². The molecule has 0 heterocycles. The van der Waals surface area contributed by atoms with Crippen LogP contribution in [0.2, 0.25) is 5.02 Å². The van der Waals surface area contributed by atoms with Crippen molar-refractivity contribution in [2.45, 2.75) is 38.9 Å². The Hall–Kier alpha value is -0.600. The van der Waals surface area contributed by atoms with Crippen LogP contribution in [0.3, 0.4) is 0 Å². The molecule has 0 fully saturated rings. The Morgan fingerprint density at radius 2 is 2.07 bits per heavy atom. The number of nitrogens with two attached hydrogens (primary N) is 1. The molecule has 3 heteroatoms. The molecular weight excluding hydrogens is 213 g/mol. The van der Waals surface area contributed by atoms with Crippen LogP contribution in [0.15, 0.2) is 18.2 Å². The van der Waals surface area contributed by atoms with Gasteiger partial charge in [-0.1, -0.05) is 23.7 Å². The molecule has 15 heavy (non-hydrogen) atoms. The maximum atomic E-state index is 14.0. The van der Waals surface area contributed by atoms with E-state index in [1.165, 1.54) is 13.8 Å². The lowest BCUT2D eigenvalue weighted by molar-refractivity contribution is 0.220. The number of halogens is 2. The smallest absolute Gasteiger partial charge is 0.132 e. The van der Waals surface area contributed by atoms with Gasteiger partial charge in [-0.25, -0.2) is 4.39 Å². The average Bonchev–Trinajstić information content (AvgIpc) is 1.99. The van der Waals surface area contributed by atoms with E-state index >= 15 is 0 Å². The van der Waals surface area contributed by atoms with Crippen molar-refractivity contribution in [1.82, 2.24) is 0 Å². The van der Waals surface area contributed by atoms with Crippen molar-refractivity contribution >= 4 is 11.6 Å². The fraction of sp³-hybridized carbons (Fsp3) is 0.500. The van der Waals surface area contributed by atoms with E-state index in [4.69, 9.17) is 17.3 Å². The van der Waals surface area contributed by atoms with E-state index in [1.54, 1.807) is 6.07 Å². The highest BCUT2D eigenvalue weighted by Crippen LogP contribution is 2.34. The molecule has 0 saturated carbocycles. The van der Waals surface area contributed by atoms with Gasteiger partial charge in [0.1, 0.15) is 5.67 Å². The van der Waals surface area contributed by atoms with Gasteiger partial charge in [-0.05, 0) is 38.8 Å². The second-order valence-electron chi connectivity index (χ2n) is 4.43. The summed E-state index contributed by atoms with van der Waals surface area (Å²) < 4.78 is 14.0. The molecule has 1 rings (SSSR count). The topological polar surface area (TPSA) is 26.0 Å². The average molecular weight is 230 g/mol. The van der Waals surface area contributed by atoms with Crippen molar-refractivity contribution in [3.8, 4) is 0 Å². The van der Waals surface area contributed by atoms with Gasteiger partial charge < -0.3 is 5.73 Å².